The van der Waals surface area contributed by atoms with E-state index in [-0.39, 0.29) is 42.7 Å². The normalized spacial score (nSPS) is 13.0. The number of nitrogens with one attached hydrogen (secondary N) is 2. The van der Waals surface area contributed by atoms with Gasteiger partial charge in [-0.3, -0.25) is 9.59 Å². The van der Waals surface area contributed by atoms with Crippen molar-refractivity contribution < 1.29 is 18.7 Å². The van der Waals surface area contributed by atoms with Crippen LogP contribution in [0.2, 0.25) is 0 Å². The number of nitrogens with zero attached hydrogens (tertiary/aromatic N) is 1. The van der Waals surface area contributed by atoms with Gasteiger partial charge in [-0.25, -0.2) is 4.39 Å². The fourth-order valence-electron chi connectivity index (χ4n) is 3.04. The number of hydrogen-bond donors (Lipinski definition) is 2. The van der Waals surface area contributed by atoms with Gasteiger partial charge in [-0.1, -0.05) is 44.2 Å². The molecule has 2 amide bonds. The smallest absolute Gasteiger partial charge is 0.258 e. The van der Waals surface area contributed by atoms with Crippen molar-refractivity contribution in [3.63, 3.8) is 0 Å². The van der Waals surface area contributed by atoms with E-state index < -0.39 is 6.04 Å². The molecule has 0 heterocycles. The molecule has 0 bridgehead atoms. The van der Waals surface area contributed by atoms with Gasteiger partial charge in [0.25, 0.3) is 5.91 Å². The van der Waals surface area contributed by atoms with Gasteiger partial charge in [0.15, 0.2) is 6.61 Å². The molecule has 30 heavy (non-hydrogen) atoms. The summed E-state index contributed by atoms with van der Waals surface area (Å²) in [4.78, 5) is 26.9. The molecule has 2 atom stereocenters. The molecular weight excluding hydrogens is 385 g/mol. The van der Waals surface area contributed by atoms with E-state index in [4.69, 9.17) is 4.74 Å². The number of rotatable bonds is 10. The molecule has 6 nitrogen and oxygen atoms in total. The Bertz CT molecular complexity index is 827. The van der Waals surface area contributed by atoms with Crippen LogP contribution in [0.3, 0.4) is 0 Å². The molecule has 0 saturated carbocycles. The maximum Gasteiger partial charge on any atom is 0.258 e. The molecular formula is C23H30FN3O3. The highest BCUT2D eigenvalue weighted by Gasteiger charge is 2.25. The van der Waals surface area contributed by atoms with Crippen molar-refractivity contribution in [2.24, 2.45) is 5.92 Å². The van der Waals surface area contributed by atoms with Crippen LogP contribution in [0.4, 0.5) is 4.39 Å². The predicted molar refractivity (Wildman–Crippen MR) is 115 cm³/mol. The summed E-state index contributed by atoms with van der Waals surface area (Å²) in [6.07, 6.45) is 0. The maximum absolute atomic E-state index is 13.6. The van der Waals surface area contributed by atoms with Gasteiger partial charge in [-0.15, -0.1) is 0 Å². The summed E-state index contributed by atoms with van der Waals surface area (Å²) < 4.78 is 19.0. The highest BCUT2D eigenvalue weighted by Crippen LogP contribution is 2.18. The molecule has 162 valence electrons. The quantitative estimate of drug-likeness (QED) is 0.626. The predicted octanol–water partition coefficient (Wildman–Crippen LogP) is 2.76. The van der Waals surface area contributed by atoms with E-state index in [0.29, 0.717) is 5.75 Å². The number of ether oxygens (including phenoxy) is 1. The minimum Gasteiger partial charge on any atom is -0.484 e. The summed E-state index contributed by atoms with van der Waals surface area (Å²) in [5, 5.41) is 5.62. The lowest BCUT2D eigenvalue weighted by Crippen LogP contribution is -2.51. The van der Waals surface area contributed by atoms with Crippen molar-refractivity contribution in [3.05, 3.63) is 66.0 Å². The van der Waals surface area contributed by atoms with Gasteiger partial charge < -0.3 is 20.3 Å². The lowest BCUT2D eigenvalue weighted by molar-refractivity contribution is -0.131. The molecule has 0 aliphatic rings. The fraction of sp³-hybridized carbons (Fsp3) is 0.391. The Morgan fingerprint density at radius 3 is 2.37 bits per heavy atom. The van der Waals surface area contributed by atoms with Crippen LogP contribution in [0.15, 0.2) is 54.6 Å². The van der Waals surface area contributed by atoms with Crippen molar-refractivity contribution in [1.82, 2.24) is 15.5 Å². The molecule has 2 unspecified atom stereocenters. The highest BCUT2D eigenvalue weighted by atomic mass is 19.1. The van der Waals surface area contributed by atoms with Crippen molar-refractivity contribution in [3.8, 4) is 5.75 Å². The van der Waals surface area contributed by atoms with Gasteiger partial charge in [-0.2, -0.15) is 0 Å². The molecule has 7 heteroatoms. The SMILES string of the molecule is CC(C)C(NC(=O)COc1ccccc1)C(=O)NCC(c1cccc(F)c1)N(C)C. The largest absolute Gasteiger partial charge is 0.484 e. The van der Waals surface area contributed by atoms with Crippen LogP contribution in [0.5, 0.6) is 5.75 Å². The second-order valence-electron chi connectivity index (χ2n) is 7.67. The number of likely N-dealkylation sites (N-methyl/N-ethyl adjacent to an activating group) is 1. The Morgan fingerprint density at radius 1 is 1.07 bits per heavy atom. The van der Waals surface area contributed by atoms with E-state index >= 15 is 0 Å². The van der Waals surface area contributed by atoms with E-state index in [1.807, 2.05) is 57.1 Å². The minimum absolute atomic E-state index is 0.113. The molecule has 0 aliphatic heterocycles. The number of halogens is 1. The number of hydrogen-bond acceptors (Lipinski definition) is 4. The standard InChI is InChI=1S/C23H30FN3O3/c1-16(2)22(26-21(28)15-30-19-11-6-5-7-12-19)23(29)25-14-20(27(3)4)17-9-8-10-18(24)13-17/h5-13,16,20,22H,14-15H2,1-4H3,(H,25,29)(H,26,28). The summed E-state index contributed by atoms with van der Waals surface area (Å²) in [6.45, 7) is 3.83. The van der Waals surface area contributed by atoms with Crippen LogP contribution in [0.25, 0.3) is 0 Å². The van der Waals surface area contributed by atoms with Gasteiger partial charge >= 0.3 is 0 Å². The number of para-hydroxylation sites is 1. The van der Waals surface area contributed by atoms with Crippen molar-refractivity contribution in [1.29, 1.82) is 0 Å². The third kappa shape index (κ3) is 7.15. The van der Waals surface area contributed by atoms with Crippen LogP contribution in [-0.4, -0.2) is 50.0 Å². The third-order valence-electron chi connectivity index (χ3n) is 4.71. The summed E-state index contributed by atoms with van der Waals surface area (Å²) >= 11 is 0. The zero-order chi connectivity index (χ0) is 22.1. The molecule has 0 spiro atoms. The van der Waals surface area contributed by atoms with Crippen molar-refractivity contribution in [2.75, 3.05) is 27.2 Å². The fourth-order valence-corrected chi connectivity index (χ4v) is 3.04. The van der Waals surface area contributed by atoms with Crippen LogP contribution in [0.1, 0.15) is 25.5 Å². The first-order valence-electron chi connectivity index (χ1n) is 9.94. The summed E-state index contributed by atoms with van der Waals surface area (Å²) in [7, 11) is 3.73. The first-order valence-corrected chi connectivity index (χ1v) is 9.94. The van der Waals surface area contributed by atoms with Crippen LogP contribution in [-0.2, 0) is 9.59 Å². The Hall–Kier alpha value is -2.93. The van der Waals surface area contributed by atoms with Crippen molar-refractivity contribution >= 4 is 11.8 Å². The summed E-state index contributed by atoms with van der Waals surface area (Å²) in [6, 6.07) is 14.4. The maximum atomic E-state index is 13.6. The summed E-state index contributed by atoms with van der Waals surface area (Å²) in [5.74, 6) is -0.514. The van der Waals surface area contributed by atoms with E-state index in [2.05, 4.69) is 10.6 Å². The van der Waals surface area contributed by atoms with Crippen molar-refractivity contribution in [2.45, 2.75) is 25.9 Å². The van der Waals surface area contributed by atoms with Gasteiger partial charge in [0.1, 0.15) is 17.6 Å². The second kappa shape index (κ2) is 11.3. The zero-order valence-corrected chi connectivity index (χ0v) is 17.9. The first-order chi connectivity index (χ1) is 14.3. The molecule has 0 fully saturated rings. The topological polar surface area (TPSA) is 70.7 Å². The second-order valence-corrected chi connectivity index (χ2v) is 7.67. The average molecular weight is 416 g/mol. The Labute approximate surface area is 177 Å². The number of amides is 2. The molecule has 0 aromatic heterocycles. The van der Waals surface area contributed by atoms with Crippen LogP contribution < -0.4 is 15.4 Å². The monoisotopic (exact) mass is 415 g/mol. The minimum atomic E-state index is -0.702. The van der Waals surface area contributed by atoms with E-state index in [0.717, 1.165) is 5.56 Å². The molecule has 0 saturated heterocycles. The van der Waals surface area contributed by atoms with Crippen LogP contribution >= 0.6 is 0 Å². The molecule has 2 aromatic rings. The van der Waals surface area contributed by atoms with Crippen LogP contribution in [0, 0.1) is 11.7 Å². The lowest BCUT2D eigenvalue weighted by atomic mass is 10.0. The molecule has 2 rings (SSSR count). The molecule has 2 aromatic carbocycles. The van der Waals surface area contributed by atoms with E-state index in [9.17, 15) is 14.0 Å². The van der Waals surface area contributed by atoms with Gasteiger partial charge in [0.05, 0.1) is 6.04 Å². The number of benzene rings is 2. The lowest BCUT2D eigenvalue weighted by Gasteiger charge is -2.27. The number of carbonyl (C=O) groups is 2. The third-order valence-corrected chi connectivity index (χ3v) is 4.71. The average Bonchev–Trinajstić information content (AvgIpc) is 2.71. The first kappa shape index (κ1) is 23.3. The Kier molecular flexibility index (Phi) is 8.80. The molecule has 0 aliphatic carbocycles. The summed E-state index contributed by atoms with van der Waals surface area (Å²) in [5.41, 5.74) is 0.765. The molecule has 2 N–H and O–H groups in total. The van der Waals surface area contributed by atoms with Gasteiger partial charge in [0, 0.05) is 6.54 Å². The van der Waals surface area contributed by atoms with Gasteiger partial charge in [-0.05, 0) is 49.8 Å². The highest BCUT2D eigenvalue weighted by molar-refractivity contribution is 5.88. The van der Waals surface area contributed by atoms with E-state index in [1.54, 1.807) is 18.2 Å². The Balaban J connectivity index is 1.94. The zero-order valence-electron chi connectivity index (χ0n) is 17.9. The number of carbonyl (C=O) groups excluding carboxylic acids is 2. The van der Waals surface area contributed by atoms with Gasteiger partial charge in [0.2, 0.25) is 5.91 Å². The van der Waals surface area contributed by atoms with E-state index in [1.165, 1.54) is 12.1 Å². The molecule has 0 radical (unpaired) electrons. The Morgan fingerprint density at radius 2 is 1.77 bits per heavy atom.